The summed E-state index contributed by atoms with van der Waals surface area (Å²) in [6.07, 6.45) is 0. The Morgan fingerprint density at radius 1 is 1.32 bits per heavy atom. The average molecular weight is 350 g/mol. The van der Waals surface area contributed by atoms with E-state index in [2.05, 4.69) is 15.9 Å². The number of amides is 1. The van der Waals surface area contributed by atoms with E-state index in [-0.39, 0.29) is 14.9 Å². The van der Waals surface area contributed by atoms with Crippen LogP contribution >= 0.6 is 15.9 Å². The van der Waals surface area contributed by atoms with Crippen LogP contribution in [0.1, 0.15) is 10.4 Å². The van der Waals surface area contributed by atoms with Gasteiger partial charge in [-0.05, 0) is 34.1 Å². The summed E-state index contributed by atoms with van der Waals surface area (Å²) < 4.78 is 24.4. The predicted molar refractivity (Wildman–Crippen MR) is 71.8 cm³/mol. The Kier molecular flexibility index (Phi) is 4.70. The molecule has 0 radical (unpaired) electrons. The average Bonchev–Trinajstić information content (AvgIpc) is 2.28. The van der Waals surface area contributed by atoms with Crippen molar-refractivity contribution in [2.24, 2.45) is 0 Å². The van der Waals surface area contributed by atoms with E-state index in [9.17, 15) is 18.0 Å². The summed E-state index contributed by atoms with van der Waals surface area (Å²) in [7, 11) is -1.00. The standard InChI is InChI=1S/C11H12BrNO5S/c1-13(2)10(14)6-19(17,18)9-5-7(11(15)16)3-4-8(9)12/h3-5H,6H2,1-2H3,(H,15,16). The van der Waals surface area contributed by atoms with Crippen LogP contribution in [0.4, 0.5) is 0 Å². The van der Waals surface area contributed by atoms with Gasteiger partial charge in [0.2, 0.25) is 5.91 Å². The van der Waals surface area contributed by atoms with Crippen LogP contribution in [0.15, 0.2) is 27.6 Å². The van der Waals surface area contributed by atoms with Gasteiger partial charge >= 0.3 is 5.97 Å². The highest BCUT2D eigenvalue weighted by Gasteiger charge is 2.24. The molecule has 0 aliphatic carbocycles. The number of hydrogen-bond acceptors (Lipinski definition) is 4. The Hall–Kier alpha value is -1.41. The zero-order valence-corrected chi connectivity index (χ0v) is 12.7. The molecule has 0 aliphatic rings. The lowest BCUT2D eigenvalue weighted by atomic mass is 10.2. The van der Waals surface area contributed by atoms with E-state index in [4.69, 9.17) is 5.11 Å². The number of sulfone groups is 1. The number of carbonyl (C=O) groups is 2. The smallest absolute Gasteiger partial charge is 0.335 e. The van der Waals surface area contributed by atoms with Gasteiger partial charge in [0.05, 0.1) is 10.5 Å². The highest BCUT2D eigenvalue weighted by atomic mass is 79.9. The summed E-state index contributed by atoms with van der Waals surface area (Å²) >= 11 is 3.05. The second-order valence-corrected chi connectivity index (χ2v) is 6.81. The van der Waals surface area contributed by atoms with Crippen LogP contribution in [-0.2, 0) is 14.6 Å². The number of carboxylic acid groups (broad SMARTS) is 1. The molecule has 1 aromatic rings. The lowest BCUT2D eigenvalue weighted by Crippen LogP contribution is -2.29. The Balaban J connectivity index is 3.24. The molecule has 1 N–H and O–H groups in total. The molecule has 0 aliphatic heterocycles. The lowest BCUT2D eigenvalue weighted by Gasteiger charge is -2.11. The molecule has 0 aromatic heterocycles. The van der Waals surface area contributed by atoms with Gasteiger partial charge in [0.1, 0.15) is 5.75 Å². The number of aromatic carboxylic acids is 1. The molecule has 19 heavy (non-hydrogen) atoms. The highest BCUT2D eigenvalue weighted by molar-refractivity contribution is 9.10. The molecule has 0 saturated heterocycles. The minimum Gasteiger partial charge on any atom is -0.478 e. The van der Waals surface area contributed by atoms with Gasteiger partial charge in [0.25, 0.3) is 0 Å². The van der Waals surface area contributed by atoms with Crippen LogP contribution in [-0.4, -0.2) is 50.1 Å². The van der Waals surface area contributed by atoms with Crippen LogP contribution in [0.25, 0.3) is 0 Å². The normalized spacial score (nSPS) is 11.1. The first kappa shape index (κ1) is 15.6. The number of halogens is 1. The van der Waals surface area contributed by atoms with Crippen molar-refractivity contribution in [1.82, 2.24) is 4.90 Å². The minimum absolute atomic E-state index is 0.154. The van der Waals surface area contributed by atoms with Crippen LogP contribution in [0, 0.1) is 0 Å². The highest BCUT2D eigenvalue weighted by Crippen LogP contribution is 2.24. The number of rotatable bonds is 4. The Morgan fingerprint density at radius 3 is 2.37 bits per heavy atom. The van der Waals surface area contributed by atoms with Gasteiger partial charge in [-0.25, -0.2) is 13.2 Å². The molecule has 6 nitrogen and oxygen atoms in total. The van der Waals surface area contributed by atoms with Crippen molar-refractivity contribution in [2.75, 3.05) is 19.8 Å². The largest absolute Gasteiger partial charge is 0.478 e. The summed E-state index contributed by atoms with van der Waals surface area (Å²) in [4.78, 5) is 23.3. The van der Waals surface area contributed by atoms with Crippen molar-refractivity contribution < 1.29 is 23.1 Å². The van der Waals surface area contributed by atoms with Crippen LogP contribution in [0.3, 0.4) is 0 Å². The third kappa shape index (κ3) is 3.77. The third-order valence-electron chi connectivity index (χ3n) is 2.33. The number of hydrogen-bond donors (Lipinski definition) is 1. The van der Waals surface area contributed by atoms with Gasteiger partial charge in [-0.1, -0.05) is 0 Å². The zero-order valence-electron chi connectivity index (χ0n) is 10.3. The van der Waals surface area contributed by atoms with Gasteiger partial charge in [-0.3, -0.25) is 4.79 Å². The molecule has 8 heteroatoms. The maximum atomic E-state index is 12.1. The van der Waals surface area contributed by atoms with Gasteiger partial charge in [0, 0.05) is 18.6 Å². The van der Waals surface area contributed by atoms with E-state index in [1.807, 2.05) is 0 Å². The molecular weight excluding hydrogens is 338 g/mol. The van der Waals surface area contributed by atoms with E-state index < -0.39 is 27.5 Å². The first-order chi connectivity index (χ1) is 8.65. The Bertz CT molecular complexity index is 624. The summed E-state index contributed by atoms with van der Waals surface area (Å²) in [5, 5.41) is 8.85. The van der Waals surface area contributed by atoms with Crippen LogP contribution in [0.5, 0.6) is 0 Å². The monoisotopic (exact) mass is 349 g/mol. The fourth-order valence-electron chi connectivity index (χ4n) is 1.24. The molecule has 1 amide bonds. The second-order valence-electron chi connectivity index (χ2n) is 4.00. The van der Waals surface area contributed by atoms with Crippen molar-refractivity contribution >= 4 is 37.6 Å². The fourth-order valence-corrected chi connectivity index (χ4v) is 3.64. The molecule has 104 valence electrons. The van der Waals surface area contributed by atoms with E-state index in [1.54, 1.807) is 0 Å². The van der Waals surface area contributed by atoms with Gasteiger partial charge in [-0.15, -0.1) is 0 Å². The summed E-state index contributed by atoms with van der Waals surface area (Å²) in [5.41, 5.74) is -0.154. The first-order valence-electron chi connectivity index (χ1n) is 5.11. The number of nitrogens with zero attached hydrogens (tertiary/aromatic N) is 1. The SMILES string of the molecule is CN(C)C(=O)CS(=O)(=O)c1cc(C(=O)O)ccc1Br. The van der Waals surface area contributed by atoms with Gasteiger partial charge in [-0.2, -0.15) is 0 Å². The minimum atomic E-state index is -3.89. The molecule has 0 heterocycles. The Morgan fingerprint density at radius 2 is 1.89 bits per heavy atom. The van der Waals surface area contributed by atoms with Crippen LogP contribution in [0.2, 0.25) is 0 Å². The van der Waals surface area contributed by atoms with E-state index in [0.717, 1.165) is 11.0 Å². The molecule has 0 atom stereocenters. The second kappa shape index (κ2) is 5.70. The van der Waals surface area contributed by atoms with Crippen molar-refractivity contribution in [1.29, 1.82) is 0 Å². The van der Waals surface area contributed by atoms with E-state index in [1.165, 1.54) is 26.2 Å². The molecule has 1 rings (SSSR count). The fraction of sp³-hybridized carbons (Fsp3) is 0.273. The predicted octanol–water partition coefficient (Wildman–Crippen LogP) is 1.01. The third-order valence-corrected chi connectivity index (χ3v) is 4.91. The molecule has 0 unspecified atom stereocenters. The zero-order chi connectivity index (χ0) is 14.8. The van der Waals surface area contributed by atoms with E-state index >= 15 is 0 Å². The quantitative estimate of drug-likeness (QED) is 0.875. The van der Waals surface area contributed by atoms with Crippen molar-refractivity contribution in [3.05, 3.63) is 28.2 Å². The van der Waals surface area contributed by atoms with Crippen LogP contribution < -0.4 is 0 Å². The van der Waals surface area contributed by atoms with E-state index in [0.29, 0.717) is 0 Å². The molecule has 1 aromatic carbocycles. The van der Waals surface area contributed by atoms with Crippen molar-refractivity contribution in [2.45, 2.75) is 4.90 Å². The topological polar surface area (TPSA) is 91.8 Å². The summed E-state index contributed by atoms with van der Waals surface area (Å²) in [5.74, 6) is -2.52. The first-order valence-corrected chi connectivity index (χ1v) is 7.55. The maximum Gasteiger partial charge on any atom is 0.335 e. The lowest BCUT2D eigenvalue weighted by molar-refractivity contribution is -0.125. The van der Waals surface area contributed by atoms with Gasteiger partial charge < -0.3 is 10.0 Å². The Labute approximate surface area is 119 Å². The maximum absolute atomic E-state index is 12.1. The number of benzene rings is 1. The number of carbonyl (C=O) groups excluding carboxylic acids is 1. The summed E-state index contributed by atoms with van der Waals surface area (Å²) in [6, 6.07) is 3.64. The summed E-state index contributed by atoms with van der Waals surface area (Å²) in [6.45, 7) is 0. The molecular formula is C11H12BrNO5S. The van der Waals surface area contributed by atoms with Crippen molar-refractivity contribution in [3.63, 3.8) is 0 Å². The van der Waals surface area contributed by atoms with Crippen molar-refractivity contribution in [3.8, 4) is 0 Å². The molecule has 0 bridgehead atoms. The molecule has 0 spiro atoms. The molecule has 0 fully saturated rings. The molecule has 0 saturated carbocycles. The van der Waals surface area contributed by atoms with Gasteiger partial charge in [0.15, 0.2) is 9.84 Å². The number of carboxylic acids is 1.